The minimum absolute atomic E-state index is 0.0360. The van der Waals surface area contributed by atoms with Crippen molar-refractivity contribution in [1.82, 2.24) is 20.6 Å². The number of carbonyl (C=O) groups excluding carboxylic acids is 3. The number of allylic oxidation sites excluding steroid dienone is 4. The first-order valence-electron chi connectivity index (χ1n) is 14.9. The highest BCUT2D eigenvalue weighted by molar-refractivity contribution is 6.23. The van der Waals surface area contributed by atoms with Gasteiger partial charge in [0, 0.05) is 16.7 Å². The number of hydrogen-bond donors (Lipinski definition) is 1. The van der Waals surface area contributed by atoms with Crippen LogP contribution in [-0.2, 0) is 19.1 Å². The molecule has 0 bridgehead atoms. The zero-order chi connectivity index (χ0) is 29.1. The Morgan fingerprint density at radius 3 is 2.35 bits per heavy atom. The summed E-state index contributed by atoms with van der Waals surface area (Å²) < 4.78 is 5.44. The Morgan fingerprint density at radius 1 is 1.00 bits per heavy atom. The normalized spacial score (nSPS) is 43.4. The smallest absolute Gasteiger partial charge is 0.312 e. The van der Waals surface area contributed by atoms with E-state index in [1.807, 2.05) is 19.9 Å². The first-order valence-corrected chi connectivity index (χ1v) is 14.9. The molecule has 8 nitrogen and oxygen atoms in total. The van der Waals surface area contributed by atoms with Crippen LogP contribution in [0.25, 0.3) is 5.57 Å². The highest BCUT2D eigenvalue weighted by Gasteiger charge is 2.71. The molecule has 0 aliphatic heterocycles. The van der Waals surface area contributed by atoms with E-state index in [1.165, 1.54) is 7.11 Å². The SMILES string of the molecule is COC(=O)[C@]12CCC(C)(C)CC1C1C(=O)C=C3[C@@]4(C)C=C(c5nnn[nH]5)C(=O)C(C)(C)[C@@H]4CC[C@@]3(C)[C@]1(C)CC2. The lowest BCUT2D eigenvalue weighted by molar-refractivity contribution is -0.191. The van der Waals surface area contributed by atoms with Gasteiger partial charge in [0.05, 0.1) is 18.1 Å². The van der Waals surface area contributed by atoms with Gasteiger partial charge >= 0.3 is 5.97 Å². The molecule has 3 saturated carbocycles. The van der Waals surface area contributed by atoms with Gasteiger partial charge in [-0.3, -0.25) is 14.4 Å². The molecule has 0 spiro atoms. The van der Waals surface area contributed by atoms with Crippen LogP contribution in [0.1, 0.15) is 99.2 Å². The van der Waals surface area contributed by atoms with Crippen molar-refractivity contribution in [3.63, 3.8) is 0 Å². The number of ketones is 2. The number of tetrazole rings is 1. The standard InChI is InChI=1S/C32H44N4O4/c1-27(2)11-13-32(26(39)40-8)14-12-31(7)23(19(32)17-27)20(37)15-22-29(5)16-18(25-33-35-36-34-25)24(38)28(3,4)21(29)9-10-30(22,31)6/h15-16,19,21,23H,9-14,17H2,1-8H3,(H,33,34,35,36)/t19?,21-,23?,29-,30+,31+,32-/m0/s1. The van der Waals surface area contributed by atoms with E-state index in [-0.39, 0.29) is 51.5 Å². The van der Waals surface area contributed by atoms with Crippen molar-refractivity contribution < 1.29 is 19.1 Å². The number of nitrogens with one attached hydrogen (secondary N) is 1. The third-order valence-corrected chi connectivity index (χ3v) is 12.9. The number of fused-ring (bicyclic) bond motifs is 7. The number of esters is 1. The second-order valence-electron chi connectivity index (χ2n) is 15.5. The van der Waals surface area contributed by atoms with Gasteiger partial charge in [0.2, 0.25) is 0 Å². The van der Waals surface area contributed by atoms with E-state index in [4.69, 9.17) is 4.74 Å². The summed E-state index contributed by atoms with van der Waals surface area (Å²) in [5.74, 6) is 0.166. The van der Waals surface area contributed by atoms with Gasteiger partial charge in [-0.2, -0.15) is 0 Å². The molecule has 8 heteroatoms. The van der Waals surface area contributed by atoms with Crippen molar-refractivity contribution in [2.24, 2.45) is 50.2 Å². The Hall–Kier alpha value is -2.64. The Bertz CT molecular complexity index is 1360. The predicted molar refractivity (Wildman–Crippen MR) is 149 cm³/mol. The summed E-state index contributed by atoms with van der Waals surface area (Å²) in [7, 11) is 1.49. The number of nitrogens with zero attached hydrogens (tertiary/aromatic N) is 3. The maximum atomic E-state index is 14.5. The van der Waals surface area contributed by atoms with Crippen molar-refractivity contribution in [2.75, 3.05) is 7.11 Å². The second kappa shape index (κ2) is 8.22. The van der Waals surface area contributed by atoms with E-state index >= 15 is 0 Å². The molecule has 216 valence electrons. The number of methoxy groups -OCH3 is 1. The van der Waals surface area contributed by atoms with Crippen LogP contribution in [0.2, 0.25) is 0 Å². The number of ether oxygens (including phenoxy) is 1. The number of H-pyrrole nitrogens is 1. The van der Waals surface area contributed by atoms with Crippen LogP contribution in [-0.4, -0.2) is 45.3 Å². The summed E-state index contributed by atoms with van der Waals surface area (Å²) in [6.45, 7) is 15.5. The molecule has 2 unspecified atom stereocenters. The zero-order valence-corrected chi connectivity index (χ0v) is 25.3. The summed E-state index contributed by atoms with van der Waals surface area (Å²) >= 11 is 0. The maximum Gasteiger partial charge on any atom is 0.312 e. The summed E-state index contributed by atoms with van der Waals surface area (Å²) in [5, 5.41) is 14.4. The molecule has 3 fully saturated rings. The molecule has 0 aromatic carbocycles. The van der Waals surface area contributed by atoms with Crippen LogP contribution in [0, 0.1) is 50.2 Å². The van der Waals surface area contributed by atoms with Crippen molar-refractivity contribution in [3.05, 3.63) is 23.5 Å². The van der Waals surface area contributed by atoms with E-state index in [1.54, 1.807) is 0 Å². The number of aromatic nitrogens is 4. The number of rotatable bonds is 2. The van der Waals surface area contributed by atoms with Gasteiger partial charge in [-0.1, -0.05) is 60.1 Å². The van der Waals surface area contributed by atoms with Crippen LogP contribution in [0.15, 0.2) is 17.7 Å². The van der Waals surface area contributed by atoms with Crippen LogP contribution >= 0.6 is 0 Å². The summed E-state index contributed by atoms with van der Waals surface area (Å²) in [6, 6.07) is 0. The lowest BCUT2D eigenvalue weighted by Gasteiger charge is -2.68. The lowest BCUT2D eigenvalue weighted by Crippen LogP contribution is -2.65. The second-order valence-corrected chi connectivity index (χ2v) is 15.5. The number of hydrogen-bond acceptors (Lipinski definition) is 7. The number of Topliss-reactive ketones (excluding diaryl/α,β-unsaturated/α-hetero) is 1. The predicted octanol–water partition coefficient (Wildman–Crippen LogP) is 5.53. The molecule has 1 aromatic rings. The lowest BCUT2D eigenvalue weighted by atomic mass is 9.34. The molecule has 6 rings (SSSR count). The van der Waals surface area contributed by atoms with Crippen LogP contribution in [0.4, 0.5) is 0 Å². The minimum Gasteiger partial charge on any atom is -0.469 e. The van der Waals surface area contributed by atoms with E-state index in [9.17, 15) is 14.4 Å². The van der Waals surface area contributed by atoms with Gasteiger partial charge in [0.1, 0.15) is 0 Å². The van der Waals surface area contributed by atoms with Crippen LogP contribution < -0.4 is 0 Å². The average molecular weight is 549 g/mol. The zero-order valence-electron chi connectivity index (χ0n) is 25.3. The van der Waals surface area contributed by atoms with Crippen molar-refractivity contribution in [1.29, 1.82) is 0 Å². The van der Waals surface area contributed by atoms with Crippen LogP contribution in [0.5, 0.6) is 0 Å². The Balaban J connectivity index is 1.54. The third kappa shape index (κ3) is 3.25. The molecular weight excluding hydrogens is 504 g/mol. The largest absolute Gasteiger partial charge is 0.469 e. The summed E-state index contributed by atoms with van der Waals surface area (Å²) in [5.41, 5.74) is -0.645. The fourth-order valence-corrected chi connectivity index (χ4v) is 10.6. The molecular formula is C32H44N4O4. The molecule has 0 radical (unpaired) electrons. The van der Waals surface area contributed by atoms with Crippen molar-refractivity contribution >= 4 is 23.1 Å². The molecule has 40 heavy (non-hydrogen) atoms. The van der Waals surface area contributed by atoms with E-state index < -0.39 is 16.2 Å². The minimum atomic E-state index is -0.644. The highest BCUT2D eigenvalue weighted by atomic mass is 16.5. The maximum absolute atomic E-state index is 14.5. The van der Waals surface area contributed by atoms with Gasteiger partial charge in [-0.15, -0.1) is 5.10 Å². The van der Waals surface area contributed by atoms with Gasteiger partial charge in [-0.25, -0.2) is 5.10 Å². The van der Waals surface area contributed by atoms with E-state index in [2.05, 4.69) is 61.3 Å². The summed E-state index contributed by atoms with van der Waals surface area (Å²) in [4.78, 5) is 41.8. The molecule has 5 aliphatic carbocycles. The average Bonchev–Trinajstić information content (AvgIpc) is 3.42. The van der Waals surface area contributed by atoms with Crippen molar-refractivity contribution in [2.45, 2.75) is 93.4 Å². The molecule has 0 amide bonds. The molecule has 5 aliphatic rings. The monoisotopic (exact) mass is 548 g/mol. The Morgan fingerprint density at radius 2 is 1.70 bits per heavy atom. The topological polar surface area (TPSA) is 115 Å². The molecule has 1 heterocycles. The van der Waals surface area contributed by atoms with Crippen molar-refractivity contribution in [3.8, 4) is 0 Å². The fraction of sp³-hybridized carbons (Fsp3) is 0.750. The van der Waals surface area contributed by atoms with Gasteiger partial charge < -0.3 is 4.74 Å². The van der Waals surface area contributed by atoms with Crippen LogP contribution in [0.3, 0.4) is 0 Å². The Kier molecular flexibility index (Phi) is 5.66. The van der Waals surface area contributed by atoms with Gasteiger partial charge in [-0.05, 0) is 89.5 Å². The quantitative estimate of drug-likeness (QED) is 0.484. The molecule has 1 aromatic heterocycles. The Labute approximate surface area is 237 Å². The first-order chi connectivity index (χ1) is 18.6. The summed E-state index contributed by atoms with van der Waals surface area (Å²) in [6.07, 6.45) is 9.91. The fourth-order valence-electron chi connectivity index (χ4n) is 10.6. The number of carbonyl (C=O) groups is 3. The van der Waals surface area contributed by atoms with Gasteiger partial charge in [0.15, 0.2) is 17.4 Å². The van der Waals surface area contributed by atoms with E-state index in [0.29, 0.717) is 11.4 Å². The molecule has 0 saturated heterocycles. The molecule has 1 N–H and O–H groups in total. The van der Waals surface area contributed by atoms with Gasteiger partial charge in [0.25, 0.3) is 0 Å². The highest BCUT2D eigenvalue weighted by Crippen LogP contribution is 2.74. The first kappa shape index (κ1) is 27.5. The number of aromatic amines is 1. The molecule has 7 atom stereocenters. The third-order valence-electron chi connectivity index (χ3n) is 12.9. The van der Waals surface area contributed by atoms with E-state index in [0.717, 1.165) is 50.5 Å².